The largest absolute Gasteiger partial charge is 0.378 e. The second kappa shape index (κ2) is 7.04. The molecular formula is C17H22N4O2S. The number of thiophene rings is 1. The highest BCUT2D eigenvalue weighted by atomic mass is 32.1. The second-order valence-corrected chi connectivity index (χ2v) is 7.42. The smallest absolute Gasteiger partial charge is 0.229 e. The summed E-state index contributed by atoms with van der Waals surface area (Å²) in [6.45, 7) is 5.85. The van der Waals surface area contributed by atoms with Crippen LogP contribution < -0.4 is 0 Å². The molecule has 1 saturated heterocycles. The molecule has 0 radical (unpaired) electrons. The van der Waals surface area contributed by atoms with E-state index in [-0.39, 0.29) is 11.8 Å². The Hall–Kier alpha value is -1.70. The Kier molecular flexibility index (Phi) is 4.64. The number of carbonyl (C=O) groups excluding carboxylic acids is 1. The summed E-state index contributed by atoms with van der Waals surface area (Å²) in [5.41, 5.74) is 1.18. The van der Waals surface area contributed by atoms with Gasteiger partial charge in [0.1, 0.15) is 0 Å². The summed E-state index contributed by atoms with van der Waals surface area (Å²) in [5, 5.41) is 6.53. The molecule has 6 nitrogen and oxygen atoms in total. The molecule has 2 aliphatic rings. The van der Waals surface area contributed by atoms with Crippen molar-refractivity contribution in [1.29, 1.82) is 0 Å². The van der Waals surface area contributed by atoms with Crippen molar-refractivity contribution in [1.82, 2.24) is 19.6 Å². The van der Waals surface area contributed by atoms with Crippen molar-refractivity contribution >= 4 is 17.2 Å². The fraction of sp³-hybridized carbons (Fsp3) is 0.529. The maximum Gasteiger partial charge on any atom is 0.229 e. The number of ether oxygens (including phenoxy) is 1. The van der Waals surface area contributed by atoms with E-state index in [1.54, 1.807) is 11.3 Å². The Labute approximate surface area is 145 Å². The van der Waals surface area contributed by atoms with Crippen LogP contribution in [0.1, 0.15) is 10.6 Å². The molecule has 0 saturated carbocycles. The average molecular weight is 346 g/mol. The Morgan fingerprint density at radius 1 is 1.29 bits per heavy atom. The van der Waals surface area contributed by atoms with E-state index in [0.29, 0.717) is 32.8 Å². The number of hydrogen-bond acceptors (Lipinski definition) is 5. The zero-order valence-electron chi connectivity index (χ0n) is 13.6. The predicted octanol–water partition coefficient (Wildman–Crippen LogP) is 1.44. The molecule has 128 valence electrons. The summed E-state index contributed by atoms with van der Waals surface area (Å²) < 4.78 is 7.37. The highest BCUT2D eigenvalue weighted by molar-refractivity contribution is 7.09. The third kappa shape index (κ3) is 3.38. The van der Waals surface area contributed by atoms with Gasteiger partial charge < -0.3 is 9.64 Å². The molecule has 24 heavy (non-hydrogen) atoms. The topological polar surface area (TPSA) is 50.6 Å². The minimum atomic E-state index is -0.0517. The van der Waals surface area contributed by atoms with Gasteiger partial charge in [0.05, 0.1) is 31.4 Å². The van der Waals surface area contributed by atoms with Crippen LogP contribution in [0.5, 0.6) is 0 Å². The number of morpholine rings is 1. The van der Waals surface area contributed by atoms with Crippen LogP contribution in [0, 0.1) is 5.92 Å². The summed E-state index contributed by atoms with van der Waals surface area (Å²) in [4.78, 5) is 18.6. The van der Waals surface area contributed by atoms with Crippen LogP contribution in [0.4, 0.5) is 0 Å². The normalized spacial score (nSPS) is 22.2. The summed E-state index contributed by atoms with van der Waals surface area (Å²) in [5.74, 6) is 0.182. The van der Waals surface area contributed by atoms with Crippen molar-refractivity contribution in [2.45, 2.75) is 19.6 Å². The maximum atomic E-state index is 13.0. The van der Waals surface area contributed by atoms with E-state index in [9.17, 15) is 4.79 Å². The third-order valence-electron chi connectivity index (χ3n) is 4.69. The van der Waals surface area contributed by atoms with E-state index in [4.69, 9.17) is 4.74 Å². The summed E-state index contributed by atoms with van der Waals surface area (Å²) in [6.07, 6.45) is 1.83. The molecule has 0 aromatic carbocycles. The molecule has 0 bridgehead atoms. The molecular weight excluding hydrogens is 324 g/mol. The first kappa shape index (κ1) is 15.8. The SMILES string of the molecule is O=C([C@@H]1CN(Cc2cccs2)Cc2ccnn2C1)N1CCOCC1. The number of carbonyl (C=O) groups is 1. The number of amides is 1. The summed E-state index contributed by atoms with van der Waals surface area (Å²) >= 11 is 1.77. The van der Waals surface area contributed by atoms with Crippen molar-refractivity contribution in [3.63, 3.8) is 0 Å². The molecule has 1 fully saturated rings. The van der Waals surface area contributed by atoms with Crippen LogP contribution >= 0.6 is 11.3 Å². The van der Waals surface area contributed by atoms with E-state index in [0.717, 1.165) is 19.6 Å². The van der Waals surface area contributed by atoms with Crippen LogP contribution in [0.2, 0.25) is 0 Å². The Bertz CT molecular complexity index is 679. The lowest BCUT2D eigenvalue weighted by Gasteiger charge is -2.31. The Morgan fingerprint density at radius 2 is 2.17 bits per heavy atom. The lowest BCUT2D eigenvalue weighted by molar-refractivity contribution is -0.140. The fourth-order valence-corrected chi connectivity index (χ4v) is 4.22. The monoisotopic (exact) mass is 346 g/mol. The first-order valence-corrected chi connectivity index (χ1v) is 9.29. The van der Waals surface area contributed by atoms with Crippen molar-refractivity contribution in [3.8, 4) is 0 Å². The third-order valence-corrected chi connectivity index (χ3v) is 5.55. The maximum absolute atomic E-state index is 13.0. The van der Waals surface area contributed by atoms with Gasteiger partial charge in [0.25, 0.3) is 0 Å². The van der Waals surface area contributed by atoms with Crippen LogP contribution in [0.15, 0.2) is 29.8 Å². The van der Waals surface area contributed by atoms with Gasteiger partial charge in [0.2, 0.25) is 5.91 Å². The Morgan fingerprint density at radius 3 is 2.96 bits per heavy atom. The quantitative estimate of drug-likeness (QED) is 0.844. The molecule has 1 amide bonds. The minimum Gasteiger partial charge on any atom is -0.378 e. The molecule has 2 aliphatic heterocycles. The molecule has 2 aromatic heterocycles. The number of rotatable bonds is 3. The molecule has 4 heterocycles. The lowest BCUT2D eigenvalue weighted by Crippen LogP contribution is -2.46. The first-order valence-electron chi connectivity index (χ1n) is 8.41. The van der Waals surface area contributed by atoms with E-state index in [1.165, 1.54) is 10.6 Å². The minimum absolute atomic E-state index is 0.0517. The van der Waals surface area contributed by atoms with Crippen molar-refractivity contribution in [2.75, 3.05) is 32.8 Å². The number of fused-ring (bicyclic) bond motifs is 1. The van der Waals surface area contributed by atoms with Gasteiger partial charge in [-0.1, -0.05) is 6.07 Å². The van der Waals surface area contributed by atoms with Crippen LogP contribution in [0.25, 0.3) is 0 Å². The number of aromatic nitrogens is 2. The fourth-order valence-electron chi connectivity index (χ4n) is 3.47. The predicted molar refractivity (Wildman–Crippen MR) is 91.5 cm³/mol. The molecule has 2 aromatic rings. The van der Waals surface area contributed by atoms with E-state index < -0.39 is 0 Å². The number of hydrogen-bond donors (Lipinski definition) is 0. The van der Waals surface area contributed by atoms with Crippen LogP contribution in [0.3, 0.4) is 0 Å². The van der Waals surface area contributed by atoms with E-state index in [2.05, 4.69) is 33.6 Å². The highest BCUT2D eigenvalue weighted by Gasteiger charge is 2.31. The van der Waals surface area contributed by atoms with Crippen LogP contribution in [-0.4, -0.2) is 58.3 Å². The Balaban J connectivity index is 1.53. The van der Waals surface area contributed by atoms with Gasteiger partial charge in [0, 0.05) is 43.8 Å². The number of nitrogens with zero attached hydrogens (tertiary/aromatic N) is 4. The van der Waals surface area contributed by atoms with E-state index in [1.807, 2.05) is 15.8 Å². The molecule has 4 rings (SSSR count). The summed E-state index contributed by atoms with van der Waals surface area (Å²) in [6, 6.07) is 6.30. The molecule has 7 heteroatoms. The average Bonchev–Trinajstić information content (AvgIpc) is 3.24. The van der Waals surface area contributed by atoms with Gasteiger partial charge in [-0.05, 0) is 17.5 Å². The van der Waals surface area contributed by atoms with Gasteiger partial charge in [0.15, 0.2) is 0 Å². The van der Waals surface area contributed by atoms with Crippen LogP contribution in [-0.2, 0) is 29.2 Å². The molecule has 0 unspecified atom stereocenters. The van der Waals surface area contributed by atoms with Crippen molar-refractivity contribution in [3.05, 3.63) is 40.3 Å². The first-order chi connectivity index (χ1) is 11.8. The van der Waals surface area contributed by atoms with Gasteiger partial charge in [-0.15, -0.1) is 11.3 Å². The zero-order chi connectivity index (χ0) is 16.4. The lowest BCUT2D eigenvalue weighted by atomic mass is 10.1. The van der Waals surface area contributed by atoms with Crippen molar-refractivity contribution < 1.29 is 9.53 Å². The van der Waals surface area contributed by atoms with E-state index >= 15 is 0 Å². The highest BCUT2D eigenvalue weighted by Crippen LogP contribution is 2.21. The standard InChI is InChI=1S/C17H22N4O2S/c22-17(20-5-7-23-8-6-20)14-10-19(13-16-2-1-9-24-16)12-15-3-4-18-21(15)11-14/h1-4,9,14H,5-8,10-13H2/t14-/m1/s1. The summed E-state index contributed by atoms with van der Waals surface area (Å²) in [7, 11) is 0. The molecule has 1 atom stereocenters. The van der Waals surface area contributed by atoms with Gasteiger partial charge in [-0.3, -0.25) is 14.4 Å². The van der Waals surface area contributed by atoms with Gasteiger partial charge in [-0.25, -0.2) is 0 Å². The van der Waals surface area contributed by atoms with Crippen molar-refractivity contribution in [2.24, 2.45) is 5.92 Å². The second-order valence-electron chi connectivity index (χ2n) is 6.39. The van der Waals surface area contributed by atoms with Gasteiger partial charge >= 0.3 is 0 Å². The zero-order valence-corrected chi connectivity index (χ0v) is 14.5. The molecule has 0 aliphatic carbocycles. The molecule has 0 spiro atoms. The molecule has 0 N–H and O–H groups in total. The van der Waals surface area contributed by atoms with Gasteiger partial charge in [-0.2, -0.15) is 5.10 Å².